The molecule has 7 heteroatoms. The second kappa shape index (κ2) is 5.37. The topological polar surface area (TPSA) is 42.3 Å². The molecule has 4 nitrogen and oxygen atoms in total. The van der Waals surface area contributed by atoms with Gasteiger partial charge in [-0.15, -0.1) is 0 Å². The molecule has 0 atom stereocenters. The fourth-order valence-corrected chi connectivity index (χ4v) is 5.04. The first-order chi connectivity index (χ1) is 11.8. The van der Waals surface area contributed by atoms with Crippen molar-refractivity contribution in [2.75, 3.05) is 20.6 Å². The number of para-hydroxylation sites is 1. The highest BCUT2D eigenvalue weighted by molar-refractivity contribution is 7.90. The third-order valence-corrected chi connectivity index (χ3v) is 6.26. The molecule has 0 bridgehead atoms. The average molecular weight is 362 g/mol. The summed E-state index contributed by atoms with van der Waals surface area (Å²) in [6.07, 6.45) is 2.21. The fourth-order valence-electron chi connectivity index (χ4n) is 3.39. The van der Waals surface area contributed by atoms with Crippen LogP contribution in [0.5, 0.6) is 0 Å². The molecule has 0 amide bonds. The number of fused-ring (bicyclic) bond motifs is 2. The van der Waals surface area contributed by atoms with Crippen LogP contribution < -0.4 is 0 Å². The first kappa shape index (κ1) is 16.2. The van der Waals surface area contributed by atoms with Gasteiger partial charge in [0.05, 0.1) is 5.52 Å². The standard InChI is InChI=1S/C18H16F2N2O2S/c1-21(2)7-6-11-10-22-17-13(11)4-3-5-14(17)15-8-12(19)9-16(20)18(15)25(22,23)24/h3-5,8-10H,6-7H2,1-2H3. The Morgan fingerprint density at radius 1 is 1.12 bits per heavy atom. The molecule has 3 aromatic rings. The molecule has 2 aromatic carbocycles. The minimum absolute atomic E-state index is 0.0767. The third-order valence-electron chi connectivity index (χ3n) is 4.52. The molecule has 0 N–H and O–H groups in total. The van der Waals surface area contributed by atoms with Crippen LogP contribution in [0.1, 0.15) is 5.56 Å². The van der Waals surface area contributed by atoms with Crippen molar-refractivity contribution in [3.8, 4) is 11.1 Å². The lowest BCUT2D eigenvalue weighted by Crippen LogP contribution is -2.19. The molecule has 4 rings (SSSR count). The van der Waals surface area contributed by atoms with Crippen LogP contribution in [0.2, 0.25) is 0 Å². The van der Waals surface area contributed by atoms with Crippen molar-refractivity contribution >= 4 is 20.9 Å². The first-order valence-corrected chi connectivity index (χ1v) is 9.27. The molecule has 25 heavy (non-hydrogen) atoms. The Hall–Kier alpha value is -2.25. The lowest BCUT2D eigenvalue weighted by molar-refractivity contribution is 0.414. The van der Waals surface area contributed by atoms with Crippen molar-refractivity contribution in [2.45, 2.75) is 11.3 Å². The van der Waals surface area contributed by atoms with Crippen LogP contribution in [-0.2, 0) is 16.4 Å². The Kier molecular flexibility index (Phi) is 3.49. The van der Waals surface area contributed by atoms with Gasteiger partial charge >= 0.3 is 0 Å². The second-order valence-corrected chi connectivity index (χ2v) is 8.23. The fraction of sp³-hybridized carbons (Fsp3) is 0.222. The van der Waals surface area contributed by atoms with Crippen LogP contribution in [0.25, 0.3) is 22.0 Å². The van der Waals surface area contributed by atoms with Crippen molar-refractivity contribution < 1.29 is 17.2 Å². The molecule has 0 spiro atoms. The maximum absolute atomic E-state index is 14.3. The van der Waals surface area contributed by atoms with E-state index in [-0.39, 0.29) is 5.56 Å². The number of nitrogens with zero attached hydrogens (tertiary/aromatic N) is 2. The van der Waals surface area contributed by atoms with Gasteiger partial charge in [-0.25, -0.2) is 21.2 Å². The monoisotopic (exact) mass is 362 g/mol. The van der Waals surface area contributed by atoms with Crippen molar-refractivity contribution in [3.05, 3.63) is 53.7 Å². The van der Waals surface area contributed by atoms with E-state index in [4.69, 9.17) is 0 Å². The van der Waals surface area contributed by atoms with Crippen LogP contribution in [0.4, 0.5) is 8.78 Å². The van der Waals surface area contributed by atoms with Gasteiger partial charge in [-0.3, -0.25) is 0 Å². The average Bonchev–Trinajstić information content (AvgIpc) is 2.90. The summed E-state index contributed by atoms with van der Waals surface area (Å²) in [5.41, 5.74) is 1.95. The maximum Gasteiger partial charge on any atom is 0.271 e. The summed E-state index contributed by atoms with van der Waals surface area (Å²) < 4.78 is 55.1. The summed E-state index contributed by atoms with van der Waals surface area (Å²) in [7, 11) is -0.236. The maximum atomic E-state index is 14.3. The van der Waals surface area contributed by atoms with Crippen LogP contribution >= 0.6 is 0 Å². The smallest absolute Gasteiger partial charge is 0.271 e. The Labute approximate surface area is 144 Å². The predicted octanol–water partition coefficient (Wildman–Crippen LogP) is 3.24. The minimum atomic E-state index is -4.11. The number of benzene rings is 2. The van der Waals surface area contributed by atoms with Crippen molar-refractivity contribution in [1.82, 2.24) is 8.87 Å². The predicted molar refractivity (Wildman–Crippen MR) is 92.1 cm³/mol. The molecule has 0 aliphatic carbocycles. The number of rotatable bonds is 3. The minimum Gasteiger partial charge on any atom is -0.309 e. The number of likely N-dealkylation sites (N-methyl/N-ethyl adjacent to an activating group) is 1. The van der Waals surface area contributed by atoms with E-state index in [1.54, 1.807) is 18.3 Å². The Balaban J connectivity index is 2.08. The summed E-state index contributed by atoms with van der Waals surface area (Å²) >= 11 is 0. The largest absolute Gasteiger partial charge is 0.309 e. The van der Waals surface area contributed by atoms with E-state index in [0.717, 1.165) is 27.5 Å². The van der Waals surface area contributed by atoms with Gasteiger partial charge in [-0.05, 0) is 32.1 Å². The molecule has 0 radical (unpaired) electrons. The highest BCUT2D eigenvalue weighted by Gasteiger charge is 2.34. The normalized spacial score (nSPS) is 14.9. The van der Waals surface area contributed by atoms with Crippen molar-refractivity contribution in [3.63, 3.8) is 0 Å². The summed E-state index contributed by atoms with van der Waals surface area (Å²) in [5, 5.41) is 0.790. The van der Waals surface area contributed by atoms with Gasteiger partial charge in [0, 0.05) is 35.3 Å². The Bertz CT molecular complexity index is 1120. The summed E-state index contributed by atoms with van der Waals surface area (Å²) in [4.78, 5) is 1.54. The van der Waals surface area contributed by atoms with Crippen LogP contribution in [0, 0.1) is 11.6 Å². The third kappa shape index (κ3) is 2.30. The molecule has 0 fully saturated rings. The molecular formula is C18H16F2N2O2S. The van der Waals surface area contributed by atoms with Crippen molar-refractivity contribution in [1.29, 1.82) is 0 Å². The number of hydrogen-bond acceptors (Lipinski definition) is 3. The van der Waals surface area contributed by atoms with Gasteiger partial charge in [0.1, 0.15) is 16.5 Å². The van der Waals surface area contributed by atoms with Crippen LogP contribution in [0.15, 0.2) is 41.4 Å². The SMILES string of the molecule is CN(C)CCc1cn2c3c(cccc13)-c1cc(F)cc(F)c1S2(=O)=O. The molecule has 1 aromatic heterocycles. The zero-order chi connectivity index (χ0) is 17.9. The van der Waals surface area contributed by atoms with Crippen LogP contribution in [-0.4, -0.2) is 37.9 Å². The Morgan fingerprint density at radius 3 is 2.60 bits per heavy atom. The van der Waals surface area contributed by atoms with E-state index in [1.165, 1.54) is 0 Å². The molecular weight excluding hydrogens is 346 g/mol. The number of halogens is 2. The molecule has 130 valence electrons. The molecule has 1 aliphatic heterocycles. The van der Waals surface area contributed by atoms with E-state index >= 15 is 0 Å². The molecule has 0 saturated heterocycles. The van der Waals surface area contributed by atoms with E-state index in [9.17, 15) is 17.2 Å². The molecule has 1 aliphatic rings. The van der Waals surface area contributed by atoms with Crippen LogP contribution in [0.3, 0.4) is 0 Å². The summed E-state index contributed by atoms with van der Waals surface area (Å²) in [6, 6.07) is 7.02. The van der Waals surface area contributed by atoms with E-state index in [1.807, 2.05) is 25.1 Å². The number of hydrogen-bond donors (Lipinski definition) is 0. The van der Waals surface area contributed by atoms with Gasteiger partial charge in [-0.1, -0.05) is 18.2 Å². The van der Waals surface area contributed by atoms with Gasteiger partial charge in [0.15, 0.2) is 0 Å². The van der Waals surface area contributed by atoms with E-state index in [2.05, 4.69) is 0 Å². The van der Waals surface area contributed by atoms with Gasteiger partial charge < -0.3 is 4.90 Å². The number of aromatic nitrogens is 1. The molecule has 0 unspecified atom stereocenters. The highest BCUT2D eigenvalue weighted by atomic mass is 32.2. The Morgan fingerprint density at radius 2 is 1.88 bits per heavy atom. The van der Waals surface area contributed by atoms with E-state index in [0.29, 0.717) is 23.6 Å². The highest BCUT2D eigenvalue weighted by Crippen LogP contribution is 2.43. The quantitative estimate of drug-likeness (QED) is 0.562. The lowest BCUT2D eigenvalue weighted by Gasteiger charge is -2.20. The van der Waals surface area contributed by atoms with E-state index < -0.39 is 26.6 Å². The van der Waals surface area contributed by atoms with Gasteiger partial charge in [0.25, 0.3) is 10.0 Å². The second-order valence-electron chi connectivity index (χ2n) is 6.47. The van der Waals surface area contributed by atoms with Gasteiger partial charge in [-0.2, -0.15) is 0 Å². The zero-order valence-corrected chi connectivity index (χ0v) is 14.6. The zero-order valence-electron chi connectivity index (χ0n) is 13.8. The first-order valence-electron chi connectivity index (χ1n) is 7.83. The van der Waals surface area contributed by atoms with Gasteiger partial charge in [0.2, 0.25) is 0 Å². The van der Waals surface area contributed by atoms with Crippen molar-refractivity contribution in [2.24, 2.45) is 0 Å². The molecule has 0 saturated carbocycles. The lowest BCUT2D eigenvalue weighted by atomic mass is 10.0. The molecule has 2 heterocycles. The summed E-state index contributed by atoms with van der Waals surface area (Å²) in [5.74, 6) is -1.86. The summed E-state index contributed by atoms with van der Waals surface area (Å²) in [6.45, 7) is 0.749.